The molecular weight excluding hydrogens is 204 g/mol. The van der Waals surface area contributed by atoms with Crippen LogP contribution in [0, 0.1) is 0 Å². The zero-order valence-corrected chi connectivity index (χ0v) is 8.12. The Hall–Kier alpha value is -1.55. The summed E-state index contributed by atoms with van der Waals surface area (Å²) in [5, 5.41) is 13.9. The van der Waals surface area contributed by atoms with Crippen LogP contribution in [0.4, 0.5) is 0 Å². The summed E-state index contributed by atoms with van der Waals surface area (Å²) in [4.78, 5) is 10.8. The number of fused-ring (bicyclic) bond motifs is 1. The summed E-state index contributed by atoms with van der Waals surface area (Å²) in [6, 6.07) is 3.17. The van der Waals surface area contributed by atoms with Gasteiger partial charge in [-0.25, -0.2) is 4.79 Å². The Bertz CT molecular complexity index is 519. The smallest absolute Gasteiger partial charge is 0.337 e. The van der Waals surface area contributed by atoms with Crippen molar-refractivity contribution in [2.45, 2.75) is 0 Å². The Morgan fingerprint density at radius 2 is 2.29 bits per heavy atom. The topological polar surface area (TPSA) is 55.1 Å². The second-order valence-corrected chi connectivity index (χ2v) is 3.35. The lowest BCUT2D eigenvalue weighted by Gasteiger charge is -1.97. The van der Waals surface area contributed by atoms with Gasteiger partial charge in [-0.2, -0.15) is 5.10 Å². The Morgan fingerprint density at radius 3 is 2.93 bits per heavy atom. The number of benzene rings is 1. The second-order valence-electron chi connectivity index (χ2n) is 2.97. The van der Waals surface area contributed by atoms with Crippen molar-refractivity contribution in [2.24, 2.45) is 7.05 Å². The van der Waals surface area contributed by atoms with Crippen molar-refractivity contribution in [3.8, 4) is 0 Å². The zero-order valence-electron chi connectivity index (χ0n) is 7.36. The monoisotopic (exact) mass is 210 g/mol. The molecule has 0 spiro atoms. The van der Waals surface area contributed by atoms with E-state index in [9.17, 15) is 4.79 Å². The first-order chi connectivity index (χ1) is 6.59. The fourth-order valence-corrected chi connectivity index (χ4v) is 1.63. The number of rotatable bonds is 1. The van der Waals surface area contributed by atoms with Crippen LogP contribution < -0.4 is 0 Å². The van der Waals surface area contributed by atoms with Crippen molar-refractivity contribution in [3.05, 3.63) is 28.9 Å². The summed E-state index contributed by atoms with van der Waals surface area (Å²) >= 11 is 5.89. The largest absolute Gasteiger partial charge is 0.478 e. The van der Waals surface area contributed by atoms with Crippen LogP contribution in [0.3, 0.4) is 0 Å². The molecule has 0 fully saturated rings. The van der Waals surface area contributed by atoms with Crippen LogP contribution in [0.25, 0.3) is 10.9 Å². The molecule has 1 N–H and O–H groups in total. The molecule has 0 saturated carbocycles. The molecule has 1 aromatic heterocycles. The Morgan fingerprint density at radius 1 is 1.57 bits per heavy atom. The van der Waals surface area contributed by atoms with E-state index in [0.717, 1.165) is 5.39 Å². The number of aromatic carboxylic acids is 1. The highest BCUT2D eigenvalue weighted by atomic mass is 35.5. The number of aromatic nitrogens is 2. The predicted octanol–water partition coefficient (Wildman–Crippen LogP) is 1.92. The van der Waals surface area contributed by atoms with E-state index in [0.29, 0.717) is 5.52 Å². The number of hydrogen-bond donors (Lipinski definition) is 1. The Labute approximate surface area is 84.7 Å². The quantitative estimate of drug-likeness (QED) is 0.783. The summed E-state index contributed by atoms with van der Waals surface area (Å²) in [6.45, 7) is 0. The zero-order chi connectivity index (χ0) is 10.3. The molecule has 0 atom stereocenters. The van der Waals surface area contributed by atoms with E-state index in [4.69, 9.17) is 16.7 Å². The van der Waals surface area contributed by atoms with Gasteiger partial charge in [0.25, 0.3) is 0 Å². The molecule has 0 aliphatic rings. The van der Waals surface area contributed by atoms with E-state index in [1.54, 1.807) is 24.0 Å². The number of carbonyl (C=O) groups is 1. The first-order valence-electron chi connectivity index (χ1n) is 3.95. The van der Waals surface area contributed by atoms with E-state index < -0.39 is 5.97 Å². The van der Waals surface area contributed by atoms with Crippen molar-refractivity contribution < 1.29 is 9.90 Å². The molecule has 0 aliphatic carbocycles. The molecule has 0 unspecified atom stereocenters. The highest BCUT2D eigenvalue weighted by Gasteiger charge is 2.13. The van der Waals surface area contributed by atoms with E-state index in [1.165, 1.54) is 6.07 Å². The average Bonchev–Trinajstić information content (AvgIpc) is 2.46. The molecule has 0 radical (unpaired) electrons. The molecule has 2 rings (SSSR count). The van der Waals surface area contributed by atoms with E-state index in [2.05, 4.69) is 5.10 Å². The fourth-order valence-electron chi connectivity index (χ4n) is 1.34. The molecule has 1 heterocycles. The standard InChI is InChI=1S/C9H7ClN2O2/c1-12-4-5-2-3-6(9(13)14)7(10)8(5)11-12/h2-4H,1H3,(H,13,14). The summed E-state index contributed by atoms with van der Waals surface area (Å²) in [7, 11) is 1.76. The van der Waals surface area contributed by atoms with Gasteiger partial charge >= 0.3 is 5.97 Å². The predicted molar refractivity (Wildman–Crippen MR) is 52.7 cm³/mol. The first kappa shape index (κ1) is 9.02. The van der Waals surface area contributed by atoms with E-state index in [1.807, 2.05) is 0 Å². The highest BCUT2D eigenvalue weighted by Crippen LogP contribution is 2.25. The first-order valence-corrected chi connectivity index (χ1v) is 4.32. The summed E-state index contributed by atoms with van der Waals surface area (Å²) in [6.07, 6.45) is 1.78. The molecule has 0 saturated heterocycles. The van der Waals surface area contributed by atoms with Crippen molar-refractivity contribution >= 4 is 28.5 Å². The minimum absolute atomic E-state index is 0.0814. The molecule has 0 amide bonds. The summed E-state index contributed by atoms with van der Waals surface area (Å²) in [5.74, 6) is -1.04. The maximum atomic E-state index is 10.8. The molecule has 4 nitrogen and oxygen atoms in total. The lowest BCUT2D eigenvalue weighted by molar-refractivity contribution is 0.0697. The molecule has 5 heteroatoms. The van der Waals surface area contributed by atoms with Gasteiger partial charge in [-0.15, -0.1) is 0 Å². The Kier molecular flexibility index (Phi) is 1.93. The SMILES string of the molecule is Cn1cc2ccc(C(=O)O)c(Cl)c2n1. The van der Waals surface area contributed by atoms with Crippen LogP contribution in [0.2, 0.25) is 5.02 Å². The number of halogens is 1. The number of hydrogen-bond acceptors (Lipinski definition) is 2. The van der Waals surface area contributed by atoms with Gasteiger partial charge in [0.05, 0.1) is 10.6 Å². The maximum absolute atomic E-state index is 10.8. The molecule has 1 aromatic carbocycles. The minimum atomic E-state index is -1.04. The van der Waals surface area contributed by atoms with Crippen molar-refractivity contribution in [3.63, 3.8) is 0 Å². The maximum Gasteiger partial charge on any atom is 0.337 e. The second kappa shape index (κ2) is 2.99. The van der Waals surface area contributed by atoms with Gasteiger partial charge in [0.15, 0.2) is 0 Å². The van der Waals surface area contributed by atoms with Crippen molar-refractivity contribution in [1.29, 1.82) is 0 Å². The van der Waals surface area contributed by atoms with Gasteiger partial charge in [-0.3, -0.25) is 4.68 Å². The van der Waals surface area contributed by atoms with Crippen LogP contribution in [0.5, 0.6) is 0 Å². The van der Waals surface area contributed by atoms with Crippen LogP contribution in [-0.4, -0.2) is 20.9 Å². The Balaban J connectivity index is 2.80. The summed E-state index contributed by atoms with van der Waals surface area (Å²) in [5.41, 5.74) is 0.604. The number of carboxylic acid groups (broad SMARTS) is 1. The lowest BCUT2D eigenvalue weighted by atomic mass is 10.2. The third kappa shape index (κ3) is 1.24. The highest BCUT2D eigenvalue weighted by molar-refractivity contribution is 6.37. The van der Waals surface area contributed by atoms with Crippen molar-refractivity contribution in [1.82, 2.24) is 9.78 Å². The van der Waals surface area contributed by atoms with Gasteiger partial charge in [0.2, 0.25) is 0 Å². The fraction of sp³-hybridized carbons (Fsp3) is 0.111. The number of aryl methyl sites for hydroxylation is 1. The van der Waals surface area contributed by atoms with Gasteiger partial charge in [0.1, 0.15) is 5.52 Å². The number of nitrogens with zero attached hydrogens (tertiary/aromatic N) is 2. The molecule has 14 heavy (non-hydrogen) atoms. The molecule has 0 aliphatic heterocycles. The third-order valence-electron chi connectivity index (χ3n) is 1.96. The third-order valence-corrected chi connectivity index (χ3v) is 2.34. The van der Waals surface area contributed by atoms with Gasteiger partial charge in [-0.05, 0) is 6.07 Å². The average molecular weight is 211 g/mol. The van der Waals surface area contributed by atoms with Crippen LogP contribution in [0.1, 0.15) is 10.4 Å². The normalized spacial score (nSPS) is 10.7. The number of carboxylic acids is 1. The van der Waals surface area contributed by atoms with Gasteiger partial charge < -0.3 is 5.11 Å². The summed E-state index contributed by atoms with van der Waals surface area (Å²) < 4.78 is 1.60. The molecule has 72 valence electrons. The van der Waals surface area contributed by atoms with Crippen LogP contribution in [0.15, 0.2) is 18.3 Å². The molecular formula is C9H7ClN2O2. The van der Waals surface area contributed by atoms with Gasteiger partial charge in [-0.1, -0.05) is 17.7 Å². The lowest BCUT2D eigenvalue weighted by Crippen LogP contribution is -1.97. The van der Waals surface area contributed by atoms with Gasteiger partial charge in [0, 0.05) is 18.6 Å². The van der Waals surface area contributed by atoms with Crippen LogP contribution in [-0.2, 0) is 7.05 Å². The van der Waals surface area contributed by atoms with E-state index in [-0.39, 0.29) is 10.6 Å². The van der Waals surface area contributed by atoms with E-state index >= 15 is 0 Å². The molecule has 0 bridgehead atoms. The van der Waals surface area contributed by atoms with Crippen LogP contribution >= 0.6 is 11.6 Å². The van der Waals surface area contributed by atoms with Crippen molar-refractivity contribution in [2.75, 3.05) is 0 Å². The minimum Gasteiger partial charge on any atom is -0.478 e. The molecule has 2 aromatic rings.